The minimum Gasteiger partial charge on any atom is -0.265 e. The van der Waals surface area contributed by atoms with Gasteiger partial charge in [-0.1, -0.05) is 6.07 Å². The fourth-order valence-corrected chi connectivity index (χ4v) is 3.06. The first-order chi connectivity index (χ1) is 9.90. The second kappa shape index (κ2) is 5.98. The second-order valence-electron chi connectivity index (χ2n) is 4.38. The zero-order valence-corrected chi connectivity index (χ0v) is 11.9. The Morgan fingerprint density at radius 2 is 1.90 bits per heavy atom. The molecular formula is C13H13N3O4S. The van der Waals surface area contributed by atoms with E-state index in [1.807, 2.05) is 0 Å². The molecule has 21 heavy (non-hydrogen) atoms. The Morgan fingerprint density at radius 1 is 1.24 bits per heavy atom. The van der Waals surface area contributed by atoms with E-state index in [4.69, 9.17) is 0 Å². The van der Waals surface area contributed by atoms with Crippen LogP contribution in [0.1, 0.15) is 18.5 Å². The number of sulfonamides is 1. The number of pyridine rings is 1. The first kappa shape index (κ1) is 15.1. The van der Waals surface area contributed by atoms with E-state index in [9.17, 15) is 18.5 Å². The average Bonchev–Trinajstić information content (AvgIpc) is 2.48. The zero-order chi connectivity index (χ0) is 15.5. The number of aromatic nitrogens is 1. The molecule has 0 aliphatic carbocycles. The van der Waals surface area contributed by atoms with Crippen molar-refractivity contribution in [2.24, 2.45) is 0 Å². The number of hydrogen-bond acceptors (Lipinski definition) is 5. The molecule has 0 amide bonds. The number of hydrogen-bond donors (Lipinski definition) is 1. The number of nitro benzene ring substituents is 1. The van der Waals surface area contributed by atoms with Gasteiger partial charge >= 0.3 is 0 Å². The van der Waals surface area contributed by atoms with Gasteiger partial charge in [-0.2, -0.15) is 0 Å². The summed E-state index contributed by atoms with van der Waals surface area (Å²) in [6.45, 7) is 1.68. The van der Waals surface area contributed by atoms with Crippen LogP contribution in [0.15, 0.2) is 53.7 Å². The highest BCUT2D eigenvalue weighted by Crippen LogP contribution is 2.20. The molecule has 0 bridgehead atoms. The van der Waals surface area contributed by atoms with Crippen LogP contribution >= 0.6 is 0 Å². The molecular weight excluding hydrogens is 294 g/mol. The third-order valence-corrected chi connectivity index (χ3v) is 4.42. The Labute approximate surface area is 121 Å². The van der Waals surface area contributed by atoms with E-state index in [2.05, 4.69) is 9.71 Å². The van der Waals surface area contributed by atoms with Crippen LogP contribution < -0.4 is 4.72 Å². The van der Waals surface area contributed by atoms with Crippen LogP contribution in [0.25, 0.3) is 0 Å². The van der Waals surface area contributed by atoms with Crippen LogP contribution in [0.4, 0.5) is 5.69 Å². The van der Waals surface area contributed by atoms with Gasteiger partial charge in [0.1, 0.15) is 0 Å². The van der Waals surface area contributed by atoms with E-state index >= 15 is 0 Å². The highest BCUT2D eigenvalue weighted by molar-refractivity contribution is 7.89. The smallest absolute Gasteiger partial charge is 0.265 e. The summed E-state index contributed by atoms with van der Waals surface area (Å²) in [4.78, 5) is 13.8. The Kier molecular flexibility index (Phi) is 4.29. The van der Waals surface area contributed by atoms with E-state index in [0.717, 1.165) is 11.6 Å². The van der Waals surface area contributed by atoms with Crippen molar-refractivity contribution >= 4 is 15.7 Å². The molecule has 0 saturated heterocycles. The van der Waals surface area contributed by atoms with Crippen LogP contribution in [0, 0.1) is 10.1 Å². The van der Waals surface area contributed by atoms with Crippen molar-refractivity contribution < 1.29 is 13.3 Å². The van der Waals surface area contributed by atoms with Crippen molar-refractivity contribution in [1.29, 1.82) is 0 Å². The van der Waals surface area contributed by atoms with Crippen LogP contribution in [0.3, 0.4) is 0 Å². The Hall–Kier alpha value is -2.32. The summed E-state index contributed by atoms with van der Waals surface area (Å²) in [5.41, 5.74) is 0.480. The third kappa shape index (κ3) is 3.61. The van der Waals surface area contributed by atoms with Gasteiger partial charge in [-0.15, -0.1) is 0 Å². The maximum Gasteiger partial charge on any atom is 0.270 e. The summed E-state index contributed by atoms with van der Waals surface area (Å²) >= 11 is 0. The maximum atomic E-state index is 12.2. The molecule has 0 aliphatic heterocycles. The number of rotatable bonds is 5. The van der Waals surface area contributed by atoms with Crippen molar-refractivity contribution in [1.82, 2.24) is 9.71 Å². The van der Waals surface area contributed by atoms with Crippen LogP contribution in [-0.4, -0.2) is 18.3 Å². The van der Waals surface area contributed by atoms with Gasteiger partial charge in [0.25, 0.3) is 5.69 Å². The van der Waals surface area contributed by atoms with E-state index in [-0.39, 0.29) is 10.6 Å². The van der Waals surface area contributed by atoms with Crippen LogP contribution in [0.2, 0.25) is 0 Å². The van der Waals surface area contributed by atoms with Gasteiger partial charge < -0.3 is 0 Å². The minimum absolute atomic E-state index is 0.141. The van der Waals surface area contributed by atoms with Gasteiger partial charge in [-0.05, 0) is 30.7 Å². The molecule has 1 atom stereocenters. The predicted molar refractivity (Wildman–Crippen MR) is 76.1 cm³/mol. The van der Waals surface area contributed by atoms with Gasteiger partial charge in [0.2, 0.25) is 10.0 Å². The molecule has 7 nitrogen and oxygen atoms in total. The molecule has 0 saturated carbocycles. The number of nitrogens with one attached hydrogen (secondary N) is 1. The average molecular weight is 307 g/mol. The lowest BCUT2D eigenvalue weighted by molar-refractivity contribution is -0.385. The van der Waals surface area contributed by atoms with Crippen molar-refractivity contribution in [2.75, 3.05) is 0 Å². The van der Waals surface area contributed by atoms with Crippen LogP contribution in [-0.2, 0) is 10.0 Å². The molecule has 1 heterocycles. The fourth-order valence-electron chi connectivity index (χ4n) is 1.79. The molecule has 1 aromatic heterocycles. The van der Waals surface area contributed by atoms with E-state index in [1.165, 1.54) is 18.2 Å². The quantitative estimate of drug-likeness (QED) is 0.672. The Balaban J connectivity index is 2.26. The first-order valence-corrected chi connectivity index (χ1v) is 7.55. The summed E-state index contributed by atoms with van der Waals surface area (Å²) in [6.07, 6.45) is 3.13. The lowest BCUT2D eigenvalue weighted by Gasteiger charge is -2.14. The Morgan fingerprint density at radius 3 is 2.52 bits per heavy atom. The van der Waals surface area contributed by atoms with Crippen molar-refractivity contribution in [2.45, 2.75) is 17.9 Å². The highest BCUT2D eigenvalue weighted by Gasteiger charge is 2.20. The SMILES string of the molecule is CC(NS(=O)(=O)c1cccc([N+](=O)[O-])c1)c1ccncc1. The molecule has 0 radical (unpaired) electrons. The Bertz CT molecular complexity index is 747. The van der Waals surface area contributed by atoms with Crippen molar-refractivity contribution in [3.63, 3.8) is 0 Å². The number of benzene rings is 1. The van der Waals surface area contributed by atoms with Gasteiger partial charge in [0.05, 0.1) is 9.82 Å². The van der Waals surface area contributed by atoms with Crippen molar-refractivity contribution in [3.8, 4) is 0 Å². The van der Waals surface area contributed by atoms with Gasteiger partial charge in [0, 0.05) is 30.6 Å². The van der Waals surface area contributed by atoms with Gasteiger partial charge in [0.15, 0.2) is 0 Å². The minimum atomic E-state index is -3.84. The number of non-ortho nitro benzene ring substituents is 1. The normalized spacial score (nSPS) is 12.8. The standard InChI is InChI=1S/C13H13N3O4S/c1-10(11-5-7-14-8-6-11)15-21(19,20)13-4-2-3-12(9-13)16(17)18/h2-10,15H,1H3. The zero-order valence-electron chi connectivity index (χ0n) is 11.1. The highest BCUT2D eigenvalue weighted by atomic mass is 32.2. The van der Waals surface area contributed by atoms with Gasteiger partial charge in [-0.25, -0.2) is 13.1 Å². The lowest BCUT2D eigenvalue weighted by atomic mass is 10.1. The fraction of sp³-hybridized carbons (Fsp3) is 0.154. The first-order valence-electron chi connectivity index (χ1n) is 6.07. The summed E-state index contributed by atoms with van der Waals surface area (Å²) in [6, 6.07) is 7.84. The molecule has 8 heteroatoms. The molecule has 2 aromatic rings. The molecule has 1 aromatic carbocycles. The van der Waals surface area contributed by atoms with E-state index in [0.29, 0.717) is 0 Å². The maximum absolute atomic E-state index is 12.2. The third-order valence-electron chi connectivity index (χ3n) is 2.88. The summed E-state index contributed by atoms with van der Waals surface area (Å²) in [5, 5.41) is 10.7. The van der Waals surface area contributed by atoms with Crippen LogP contribution in [0.5, 0.6) is 0 Å². The molecule has 1 unspecified atom stereocenters. The molecule has 110 valence electrons. The lowest BCUT2D eigenvalue weighted by Crippen LogP contribution is -2.26. The molecule has 0 fully saturated rings. The molecule has 0 aliphatic rings. The molecule has 2 rings (SSSR count). The number of nitro groups is 1. The summed E-state index contributed by atoms with van der Waals surface area (Å²) < 4.78 is 27.0. The van der Waals surface area contributed by atoms with Gasteiger partial charge in [-0.3, -0.25) is 15.1 Å². The number of nitrogens with zero attached hydrogens (tertiary/aromatic N) is 2. The molecule has 0 spiro atoms. The van der Waals surface area contributed by atoms with Crippen molar-refractivity contribution in [3.05, 3.63) is 64.5 Å². The molecule has 1 N–H and O–H groups in total. The van der Waals surface area contributed by atoms with E-state index < -0.39 is 21.0 Å². The monoisotopic (exact) mass is 307 g/mol. The summed E-state index contributed by atoms with van der Waals surface area (Å²) in [5.74, 6) is 0. The van der Waals surface area contributed by atoms with E-state index in [1.54, 1.807) is 31.5 Å². The topological polar surface area (TPSA) is 102 Å². The largest absolute Gasteiger partial charge is 0.270 e. The second-order valence-corrected chi connectivity index (χ2v) is 6.09. The predicted octanol–water partition coefficient (Wildman–Crippen LogP) is 2.03. The summed E-state index contributed by atoms with van der Waals surface area (Å²) in [7, 11) is -3.84.